The van der Waals surface area contributed by atoms with Crippen molar-refractivity contribution in [2.24, 2.45) is 10.7 Å². The van der Waals surface area contributed by atoms with E-state index in [0.29, 0.717) is 12.2 Å². The van der Waals surface area contributed by atoms with Gasteiger partial charge in [-0.3, -0.25) is 9.98 Å². The predicted molar refractivity (Wildman–Crippen MR) is 127 cm³/mol. The molecular weight excluding hydrogens is 376 g/mol. The number of nitrogens with two attached hydrogens (primary N) is 1. The largest absolute Gasteiger partial charge is 0.398 e. The van der Waals surface area contributed by atoms with E-state index in [1.54, 1.807) is 12.4 Å². The van der Waals surface area contributed by atoms with E-state index in [-0.39, 0.29) is 0 Å². The van der Waals surface area contributed by atoms with Crippen molar-refractivity contribution < 1.29 is 0 Å². The number of hydrogen-bond donors (Lipinski definition) is 2. The highest BCUT2D eigenvalue weighted by molar-refractivity contribution is 7.98. The SMILES string of the molecule is CSCCNc1ccc(-c2ccccc2)cc1/C(N)=C/C=NCc1cccnc1. The van der Waals surface area contributed by atoms with Crippen LogP contribution in [0.4, 0.5) is 5.69 Å². The molecule has 3 aromatic rings. The Morgan fingerprint density at radius 3 is 2.72 bits per heavy atom. The van der Waals surface area contributed by atoms with Gasteiger partial charge >= 0.3 is 0 Å². The number of allylic oxidation sites excluding steroid dienone is 1. The molecule has 0 amide bonds. The summed E-state index contributed by atoms with van der Waals surface area (Å²) in [7, 11) is 0. The molecule has 0 fully saturated rings. The van der Waals surface area contributed by atoms with Crippen LogP contribution in [0.2, 0.25) is 0 Å². The molecule has 5 heteroatoms. The number of anilines is 1. The zero-order chi connectivity index (χ0) is 20.3. The average molecular weight is 403 g/mol. The number of pyridine rings is 1. The molecule has 0 spiro atoms. The summed E-state index contributed by atoms with van der Waals surface area (Å²) in [6.07, 6.45) is 9.31. The van der Waals surface area contributed by atoms with E-state index in [9.17, 15) is 0 Å². The van der Waals surface area contributed by atoms with E-state index in [4.69, 9.17) is 5.73 Å². The monoisotopic (exact) mass is 402 g/mol. The van der Waals surface area contributed by atoms with Crippen LogP contribution in [0.1, 0.15) is 11.1 Å². The highest BCUT2D eigenvalue weighted by Gasteiger charge is 2.07. The van der Waals surface area contributed by atoms with Gasteiger partial charge in [-0.15, -0.1) is 0 Å². The maximum Gasteiger partial charge on any atom is 0.0654 e. The number of aromatic nitrogens is 1. The normalized spacial score (nSPS) is 11.7. The van der Waals surface area contributed by atoms with E-state index >= 15 is 0 Å². The maximum atomic E-state index is 6.44. The predicted octanol–water partition coefficient (Wildman–Crippen LogP) is 5.09. The summed E-state index contributed by atoms with van der Waals surface area (Å²) in [4.78, 5) is 8.56. The quantitative estimate of drug-likeness (QED) is 0.386. The summed E-state index contributed by atoms with van der Waals surface area (Å²) in [5, 5.41) is 3.50. The number of nitrogens with zero attached hydrogens (tertiary/aromatic N) is 2. The Bertz CT molecular complexity index is 953. The molecule has 148 valence electrons. The Balaban J connectivity index is 1.82. The molecule has 0 unspecified atom stereocenters. The second kappa shape index (κ2) is 11.1. The number of aliphatic imine (C=N–C) groups is 1. The van der Waals surface area contributed by atoms with Gasteiger partial charge in [0.1, 0.15) is 0 Å². The van der Waals surface area contributed by atoms with E-state index in [2.05, 4.69) is 51.9 Å². The van der Waals surface area contributed by atoms with E-state index in [1.165, 1.54) is 5.56 Å². The minimum atomic E-state index is 0.584. The summed E-state index contributed by atoms with van der Waals surface area (Å²) in [5.74, 6) is 1.04. The van der Waals surface area contributed by atoms with Crippen molar-refractivity contribution in [1.82, 2.24) is 4.98 Å². The molecule has 0 bridgehead atoms. The molecule has 0 radical (unpaired) electrons. The van der Waals surface area contributed by atoms with Gasteiger partial charge in [-0.25, -0.2) is 0 Å². The molecular formula is C24H26N4S. The fourth-order valence-corrected chi connectivity index (χ4v) is 3.21. The van der Waals surface area contributed by atoms with Gasteiger partial charge in [0.25, 0.3) is 0 Å². The minimum Gasteiger partial charge on any atom is -0.398 e. The summed E-state index contributed by atoms with van der Waals surface area (Å²) >= 11 is 1.82. The molecule has 0 aliphatic carbocycles. The number of rotatable bonds is 9. The molecule has 1 aromatic heterocycles. The van der Waals surface area contributed by atoms with Gasteiger partial charge in [0, 0.05) is 47.9 Å². The van der Waals surface area contributed by atoms with Crippen molar-refractivity contribution in [3.8, 4) is 11.1 Å². The third-order valence-electron chi connectivity index (χ3n) is 4.42. The molecule has 4 nitrogen and oxygen atoms in total. The van der Waals surface area contributed by atoms with Gasteiger partial charge in [0.05, 0.1) is 6.54 Å². The standard InChI is InChI=1S/C24H26N4S/c1-29-15-14-28-24-10-9-21(20-7-3-2-4-8-20)16-22(24)23(25)11-13-27-18-19-6-5-12-26-17-19/h2-13,16-17,28H,14-15,18,25H2,1H3/b23-11-,27-13?. The molecule has 29 heavy (non-hydrogen) atoms. The fraction of sp³-hybridized carbons (Fsp3) is 0.167. The lowest BCUT2D eigenvalue weighted by atomic mass is 10.00. The summed E-state index contributed by atoms with van der Waals surface area (Å²) in [5.41, 5.74) is 12.5. The van der Waals surface area contributed by atoms with Gasteiger partial charge in [0.2, 0.25) is 0 Å². The third-order valence-corrected chi connectivity index (χ3v) is 5.03. The van der Waals surface area contributed by atoms with Crippen molar-refractivity contribution in [2.75, 3.05) is 23.9 Å². The van der Waals surface area contributed by atoms with Crippen LogP contribution in [0.25, 0.3) is 16.8 Å². The van der Waals surface area contributed by atoms with E-state index in [0.717, 1.165) is 34.7 Å². The van der Waals surface area contributed by atoms with Crippen LogP contribution < -0.4 is 11.1 Å². The maximum absolute atomic E-state index is 6.44. The van der Waals surface area contributed by atoms with Crippen molar-refractivity contribution in [3.63, 3.8) is 0 Å². The van der Waals surface area contributed by atoms with Crippen LogP contribution in [0.5, 0.6) is 0 Å². The Labute approximate surface area is 177 Å². The number of hydrogen-bond acceptors (Lipinski definition) is 5. The van der Waals surface area contributed by atoms with Crippen molar-refractivity contribution in [1.29, 1.82) is 0 Å². The number of thioether (sulfide) groups is 1. The Morgan fingerprint density at radius 1 is 1.10 bits per heavy atom. The number of nitrogens with one attached hydrogen (secondary N) is 1. The first-order valence-electron chi connectivity index (χ1n) is 9.55. The van der Waals surface area contributed by atoms with Crippen LogP contribution in [-0.2, 0) is 6.54 Å². The third kappa shape index (κ3) is 6.22. The fourth-order valence-electron chi connectivity index (χ4n) is 2.91. The highest BCUT2D eigenvalue weighted by Crippen LogP contribution is 2.28. The second-order valence-corrected chi connectivity index (χ2v) is 7.50. The Kier molecular flexibility index (Phi) is 7.90. The van der Waals surface area contributed by atoms with Gasteiger partial charge in [-0.1, -0.05) is 42.5 Å². The van der Waals surface area contributed by atoms with E-state index in [1.807, 2.05) is 54.4 Å². The first kappa shape index (κ1) is 20.7. The summed E-state index contributed by atoms with van der Waals surface area (Å²) < 4.78 is 0. The van der Waals surface area contributed by atoms with Gasteiger partial charge in [0.15, 0.2) is 0 Å². The lowest BCUT2D eigenvalue weighted by Crippen LogP contribution is -2.08. The smallest absolute Gasteiger partial charge is 0.0654 e. The number of benzene rings is 2. The van der Waals surface area contributed by atoms with Gasteiger partial charge in [-0.05, 0) is 47.2 Å². The molecule has 0 saturated heterocycles. The average Bonchev–Trinajstić information content (AvgIpc) is 2.78. The van der Waals surface area contributed by atoms with Gasteiger partial charge in [-0.2, -0.15) is 11.8 Å². The Morgan fingerprint density at radius 2 is 1.97 bits per heavy atom. The molecule has 0 saturated carbocycles. The van der Waals surface area contributed by atoms with Crippen molar-refractivity contribution in [3.05, 3.63) is 90.3 Å². The lowest BCUT2D eigenvalue weighted by Gasteiger charge is -2.14. The summed E-state index contributed by atoms with van der Waals surface area (Å²) in [6.45, 7) is 1.47. The second-order valence-electron chi connectivity index (χ2n) is 6.52. The lowest BCUT2D eigenvalue weighted by molar-refractivity contribution is 1.05. The molecule has 3 N–H and O–H groups in total. The summed E-state index contributed by atoms with van der Waals surface area (Å²) in [6, 6.07) is 20.6. The first-order chi connectivity index (χ1) is 14.3. The van der Waals surface area contributed by atoms with Crippen molar-refractivity contribution in [2.45, 2.75) is 6.54 Å². The van der Waals surface area contributed by atoms with Crippen LogP contribution in [0.3, 0.4) is 0 Å². The zero-order valence-corrected chi connectivity index (χ0v) is 17.4. The molecule has 2 aromatic carbocycles. The van der Waals surface area contributed by atoms with Crippen LogP contribution >= 0.6 is 11.8 Å². The highest BCUT2D eigenvalue weighted by atomic mass is 32.2. The van der Waals surface area contributed by atoms with Crippen molar-refractivity contribution >= 4 is 29.4 Å². The molecule has 0 aliphatic rings. The zero-order valence-electron chi connectivity index (χ0n) is 16.6. The van der Waals surface area contributed by atoms with E-state index < -0.39 is 0 Å². The Hall–Kier alpha value is -3.05. The topological polar surface area (TPSA) is 63.3 Å². The molecule has 3 rings (SSSR count). The molecule has 1 heterocycles. The van der Waals surface area contributed by atoms with Crippen LogP contribution in [0, 0.1) is 0 Å². The minimum absolute atomic E-state index is 0.584. The molecule has 0 aliphatic heterocycles. The van der Waals surface area contributed by atoms with Gasteiger partial charge < -0.3 is 11.1 Å². The van der Waals surface area contributed by atoms with Crippen LogP contribution in [-0.4, -0.2) is 29.8 Å². The first-order valence-corrected chi connectivity index (χ1v) is 10.9. The van der Waals surface area contributed by atoms with Crippen LogP contribution in [0.15, 0.2) is 84.1 Å². The molecule has 0 atom stereocenters.